The maximum Gasteiger partial charge on any atom is 0.147 e. The lowest BCUT2D eigenvalue weighted by Gasteiger charge is -2.32. The van der Waals surface area contributed by atoms with Gasteiger partial charge in [-0.25, -0.2) is 18.4 Å². The molecule has 0 bridgehead atoms. The molecule has 0 amide bonds. The molecular weight excluding hydrogens is 396 g/mol. The van der Waals surface area contributed by atoms with Crippen molar-refractivity contribution in [1.29, 1.82) is 0 Å². The number of piperidine rings is 1. The summed E-state index contributed by atoms with van der Waals surface area (Å²) in [6.07, 6.45) is 4.68. The molecular formula is C20H23ClN4O2S. The molecule has 0 atom stereocenters. The number of benzene rings is 1. The van der Waals surface area contributed by atoms with Gasteiger partial charge in [0.05, 0.1) is 21.8 Å². The number of aryl methyl sites for hydroxylation is 1. The monoisotopic (exact) mass is 418 g/mol. The van der Waals surface area contributed by atoms with Crippen molar-refractivity contribution < 1.29 is 8.42 Å². The van der Waals surface area contributed by atoms with Gasteiger partial charge >= 0.3 is 0 Å². The van der Waals surface area contributed by atoms with E-state index in [4.69, 9.17) is 16.6 Å². The van der Waals surface area contributed by atoms with Gasteiger partial charge in [0.15, 0.2) is 0 Å². The SMILES string of the molecule is Cn1c(-c2cc(N3CCC(CS(C)(=O)=O)CC3)ncc2Cl)nc2ccccc21. The summed E-state index contributed by atoms with van der Waals surface area (Å²) in [5.41, 5.74) is 2.83. The van der Waals surface area contributed by atoms with E-state index in [2.05, 4.69) is 9.88 Å². The third kappa shape index (κ3) is 3.86. The molecule has 2 aromatic heterocycles. The Hall–Kier alpha value is -2.12. The van der Waals surface area contributed by atoms with E-state index >= 15 is 0 Å². The number of sulfone groups is 1. The van der Waals surface area contributed by atoms with Crippen LogP contribution in [0.15, 0.2) is 36.5 Å². The van der Waals surface area contributed by atoms with Gasteiger partial charge in [-0.3, -0.25) is 0 Å². The van der Waals surface area contributed by atoms with Crippen molar-refractivity contribution in [3.05, 3.63) is 41.6 Å². The smallest absolute Gasteiger partial charge is 0.147 e. The second-order valence-electron chi connectivity index (χ2n) is 7.53. The summed E-state index contributed by atoms with van der Waals surface area (Å²) in [5, 5.41) is 0.564. The number of nitrogens with zero attached hydrogens (tertiary/aromatic N) is 4. The van der Waals surface area contributed by atoms with E-state index in [9.17, 15) is 8.42 Å². The lowest BCUT2D eigenvalue weighted by molar-refractivity contribution is 0.435. The number of fused-ring (bicyclic) bond motifs is 1. The van der Waals surface area contributed by atoms with Gasteiger partial charge < -0.3 is 9.47 Å². The molecule has 1 fully saturated rings. The van der Waals surface area contributed by atoms with E-state index in [0.29, 0.717) is 5.02 Å². The van der Waals surface area contributed by atoms with Gasteiger partial charge in [-0.1, -0.05) is 23.7 Å². The van der Waals surface area contributed by atoms with Crippen LogP contribution in [0, 0.1) is 5.92 Å². The Morgan fingerprint density at radius 1 is 1.21 bits per heavy atom. The van der Waals surface area contributed by atoms with Crippen molar-refractivity contribution >= 4 is 38.3 Å². The number of hydrogen-bond donors (Lipinski definition) is 0. The van der Waals surface area contributed by atoms with Crippen LogP contribution in [-0.2, 0) is 16.9 Å². The van der Waals surface area contributed by atoms with Crippen LogP contribution in [0.3, 0.4) is 0 Å². The van der Waals surface area contributed by atoms with Gasteiger partial charge in [0.2, 0.25) is 0 Å². The number of pyridine rings is 1. The van der Waals surface area contributed by atoms with Crippen molar-refractivity contribution in [3.63, 3.8) is 0 Å². The first-order valence-corrected chi connectivity index (χ1v) is 11.8. The highest BCUT2D eigenvalue weighted by Gasteiger charge is 2.24. The first kappa shape index (κ1) is 19.2. The normalized spacial score (nSPS) is 16.0. The average molecular weight is 419 g/mol. The fourth-order valence-corrected chi connectivity index (χ4v) is 5.29. The zero-order valence-electron chi connectivity index (χ0n) is 16.0. The Morgan fingerprint density at radius 3 is 2.61 bits per heavy atom. The zero-order valence-corrected chi connectivity index (χ0v) is 17.5. The Bertz CT molecular complexity index is 1120. The predicted molar refractivity (Wildman–Crippen MR) is 114 cm³/mol. The number of anilines is 1. The van der Waals surface area contributed by atoms with Gasteiger partial charge in [0, 0.05) is 38.2 Å². The minimum atomic E-state index is -2.93. The molecule has 3 heterocycles. The summed E-state index contributed by atoms with van der Waals surface area (Å²) in [6, 6.07) is 9.98. The van der Waals surface area contributed by atoms with Crippen molar-refractivity contribution in [1.82, 2.24) is 14.5 Å². The molecule has 1 aliphatic rings. The molecule has 6 nitrogen and oxygen atoms in total. The number of imidazole rings is 1. The summed E-state index contributed by atoms with van der Waals surface area (Å²) >= 11 is 6.46. The molecule has 0 radical (unpaired) electrons. The molecule has 8 heteroatoms. The molecule has 1 aliphatic heterocycles. The Balaban J connectivity index is 1.60. The summed E-state index contributed by atoms with van der Waals surface area (Å²) in [7, 11) is -0.951. The standard InChI is InChI=1S/C20H23ClN4O2S/c1-24-18-6-4-3-5-17(18)23-20(24)15-11-19(22-12-16(15)21)25-9-7-14(8-10-25)13-28(2,26)27/h3-6,11-12,14H,7-10,13H2,1-2H3. The van der Waals surface area contributed by atoms with Crippen molar-refractivity contribution in [2.45, 2.75) is 12.8 Å². The van der Waals surface area contributed by atoms with Gasteiger partial charge in [0.1, 0.15) is 21.5 Å². The second kappa shape index (κ2) is 7.37. The van der Waals surface area contributed by atoms with Crippen LogP contribution in [0.2, 0.25) is 5.02 Å². The molecule has 4 rings (SSSR count). The van der Waals surface area contributed by atoms with E-state index in [1.54, 1.807) is 6.20 Å². The highest BCUT2D eigenvalue weighted by Crippen LogP contribution is 2.33. The highest BCUT2D eigenvalue weighted by atomic mass is 35.5. The number of para-hydroxylation sites is 2. The first-order valence-electron chi connectivity index (χ1n) is 9.32. The van der Waals surface area contributed by atoms with Gasteiger partial charge in [0.25, 0.3) is 0 Å². The van der Waals surface area contributed by atoms with Crippen molar-refractivity contribution in [2.24, 2.45) is 13.0 Å². The summed E-state index contributed by atoms with van der Waals surface area (Å²) < 4.78 is 25.1. The van der Waals surface area contributed by atoms with E-state index in [1.807, 2.05) is 41.9 Å². The van der Waals surface area contributed by atoms with E-state index < -0.39 is 9.84 Å². The molecule has 28 heavy (non-hydrogen) atoms. The maximum absolute atomic E-state index is 11.5. The molecule has 148 valence electrons. The fourth-order valence-electron chi connectivity index (χ4n) is 3.92. The minimum Gasteiger partial charge on any atom is -0.357 e. The van der Waals surface area contributed by atoms with Crippen LogP contribution in [0.25, 0.3) is 22.4 Å². The van der Waals surface area contributed by atoms with Crippen LogP contribution in [0.5, 0.6) is 0 Å². The lowest BCUT2D eigenvalue weighted by atomic mass is 9.99. The van der Waals surface area contributed by atoms with Crippen molar-refractivity contribution in [2.75, 3.05) is 30.0 Å². The Labute approximate surface area is 170 Å². The van der Waals surface area contributed by atoms with E-state index in [-0.39, 0.29) is 11.7 Å². The van der Waals surface area contributed by atoms with E-state index in [0.717, 1.165) is 54.2 Å². The Kier molecular flexibility index (Phi) is 5.05. The molecule has 0 aliphatic carbocycles. The molecule has 0 saturated carbocycles. The van der Waals surface area contributed by atoms with E-state index in [1.165, 1.54) is 6.26 Å². The van der Waals surface area contributed by atoms with Gasteiger partial charge in [-0.2, -0.15) is 0 Å². The second-order valence-corrected chi connectivity index (χ2v) is 10.1. The van der Waals surface area contributed by atoms with Crippen molar-refractivity contribution in [3.8, 4) is 11.4 Å². The van der Waals surface area contributed by atoms with Crippen LogP contribution < -0.4 is 4.90 Å². The molecule has 0 spiro atoms. The first-order chi connectivity index (χ1) is 13.3. The fraction of sp³-hybridized carbons (Fsp3) is 0.400. The van der Waals surface area contributed by atoms with Crippen LogP contribution >= 0.6 is 11.6 Å². The molecule has 0 unspecified atom stereocenters. The maximum atomic E-state index is 11.5. The summed E-state index contributed by atoms with van der Waals surface area (Å²) in [5.74, 6) is 2.14. The highest BCUT2D eigenvalue weighted by molar-refractivity contribution is 7.90. The number of aromatic nitrogens is 3. The molecule has 1 saturated heterocycles. The lowest BCUT2D eigenvalue weighted by Crippen LogP contribution is -2.36. The number of rotatable bonds is 4. The quantitative estimate of drug-likeness (QED) is 0.648. The van der Waals surface area contributed by atoms with Crippen LogP contribution in [0.4, 0.5) is 5.82 Å². The van der Waals surface area contributed by atoms with Crippen LogP contribution in [0.1, 0.15) is 12.8 Å². The Morgan fingerprint density at radius 2 is 1.93 bits per heavy atom. The van der Waals surface area contributed by atoms with Gasteiger partial charge in [-0.15, -0.1) is 0 Å². The number of hydrogen-bond acceptors (Lipinski definition) is 5. The third-order valence-corrected chi connectivity index (χ3v) is 6.72. The topological polar surface area (TPSA) is 68.1 Å². The predicted octanol–water partition coefficient (Wildman–Crippen LogP) is 3.55. The van der Waals surface area contributed by atoms with Gasteiger partial charge in [-0.05, 0) is 37.0 Å². The summed E-state index contributed by atoms with van der Waals surface area (Å²) in [6.45, 7) is 1.58. The zero-order chi connectivity index (χ0) is 19.9. The minimum absolute atomic E-state index is 0.220. The molecule has 3 aromatic rings. The summed E-state index contributed by atoms with van der Waals surface area (Å²) in [4.78, 5) is 11.5. The molecule has 1 aromatic carbocycles. The number of halogens is 1. The largest absolute Gasteiger partial charge is 0.357 e. The average Bonchev–Trinajstić information content (AvgIpc) is 2.99. The third-order valence-electron chi connectivity index (χ3n) is 5.35. The van der Waals surface area contributed by atoms with Crippen LogP contribution in [-0.4, -0.2) is 48.1 Å². The molecule has 0 N–H and O–H groups in total.